The molecule has 0 aliphatic heterocycles. The Bertz CT molecular complexity index is 429. The molecule has 1 aromatic carbocycles. The van der Waals surface area contributed by atoms with Gasteiger partial charge in [-0.25, -0.2) is 4.79 Å². The van der Waals surface area contributed by atoms with Crippen molar-refractivity contribution in [2.45, 2.75) is 32.2 Å². The monoisotopic (exact) mass is 264 g/mol. The Morgan fingerprint density at radius 3 is 2.47 bits per heavy atom. The van der Waals surface area contributed by atoms with Crippen LogP contribution in [0.25, 0.3) is 0 Å². The van der Waals surface area contributed by atoms with Crippen LogP contribution in [0.2, 0.25) is 0 Å². The third-order valence-electron chi connectivity index (χ3n) is 2.78. The van der Waals surface area contributed by atoms with E-state index in [0.29, 0.717) is 17.7 Å². The van der Waals surface area contributed by atoms with Crippen LogP contribution in [0, 0.1) is 0 Å². The van der Waals surface area contributed by atoms with Gasteiger partial charge in [0.2, 0.25) is 5.91 Å². The van der Waals surface area contributed by atoms with E-state index in [0.717, 1.165) is 12.8 Å². The lowest BCUT2D eigenvalue weighted by atomic mass is 10.1. The van der Waals surface area contributed by atoms with Crippen molar-refractivity contribution in [2.24, 2.45) is 5.73 Å². The molecule has 0 saturated heterocycles. The number of nitrogens with two attached hydrogens (primary N) is 1. The van der Waals surface area contributed by atoms with Gasteiger partial charge in [-0.05, 0) is 30.7 Å². The lowest BCUT2D eigenvalue weighted by Crippen LogP contribution is -2.35. The van der Waals surface area contributed by atoms with E-state index in [-0.39, 0.29) is 5.91 Å². The first-order valence-electron chi connectivity index (χ1n) is 6.33. The van der Waals surface area contributed by atoms with Crippen LogP contribution < -0.4 is 11.1 Å². The second kappa shape index (κ2) is 7.53. The molecule has 0 spiro atoms. The van der Waals surface area contributed by atoms with Crippen molar-refractivity contribution in [3.63, 3.8) is 0 Å². The molecule has 19 heavy (non-hydrogen) atoms. The number of carbonyl (C=O) groups excluding carboxylic acids is 2. The topological polar surface area (TPSA) is 81.4 Å². The number of amides is 1. The molecule has 0 radical (unpaired) electrons. The maximum atomic E-state index is 11.8. The first kappa shape index (κ1) is 15.2. The molecule has 1 amide bonds. The summed E-state index contributed by atoms with van der Waals surface area (Å²) in [6.07, 6.45) is 2.60. The SMILES string of the molecule is CCCCC(N)C(=O)Nc1ccc(C(=O)OC)cc1. The average Bonchev–Trinajstić information content (AvgIpc) is 2.44. The first-order valence-corrected chi connectivity index (χ1v) is 6.33. The highest BCUT2D eigenvalue weighted by Gasteiger charge is 2.13. The van der Waals surface area contributed by atoms with E-state index in [1.165, 1.54) is 7.11 Å². The van der Waals surface area contributed by atoms with E-state index < -0.39 is 12.0 Å². The number of methoxy groups -OCH3 is 1. The fourth-order valence-electron chi connectivity index (χ4n) is 1.60. The minimum atomic E-state index is -0.500. The summed E-state index contributed by atoms with van der Waals surface area (Å²) >= 11 is 0. The summed E-state index contributed by atoms with van der Waals surface area (Å²) in [5.41, 5.74) is 6.82. The van der Waals surface area contributed by atoms with Gasteiger partial charge in [-0.3, -0.25) is 4.79 Å². The number of hydrogen-bond donors (Lipinski definition) is 2. The number of benzene rings is 1. The molecule has 0 aliphatic rings. The van der Waals surface area contributed by atoms with E-state index in [1.807, 2.05) is 0 Å². The lowest BCUT2D eigenvalue weighted by molar-refractivity contribution is -0.117. The lowest BCUT2D eigenvalue weighted by Gasteiger charge is -2.11. The second-order valence-corrected chi connectivity index (χ2v) is 4.31. The standard InChI is InChI=1S/C14H20N2O3/c1-3-4-5-12(15)13(17)16-11-8-6-10(7-9-11)14(18)19-2/h6-9,12H,3-5,15H2,1-2H3,(H,16,17). The van der Waals surface area contributed by atoms with Crippen LogP contribution in [0.15, 0.2) is 24.3 Å². The largest absolute Gasteiger partial charge is 0.465 e. The molecule has 104 valence electrons. The highest BCUT2D eigenvalue weighted by molar-refractivity contribution is 5.95. The zero-order valence-electron chi connectivity index (χ0n) is 11.3. The predicted octanol–water partition coefficient (Wildman–Crippen LogP) is 1.93. The summed E-state index contributed by atoms with van der Waals surface area (Å²) in [6, 6.07) is 5.99. The summed E-state index contributed by atoms with van der Waals surface area (Å²) < 4.78 is 4.59. The second-order valence-electron chi connectivity index (χ2n) is 4.31. The Hall–Kier alpha value is -1.88. The summed E-state index contributed by atoms with van der Waals surface area (Å²) in [6.45, 7) is 2.05. The highest BCUT2D eigenvalue weighted by Crippen LogP contribution is 2.11. The van der Waals surface area contributed by atoms with Crippen LogP contribution in [0.3, 0.4) is 0 Å². The van der Waals surface area contributed by atoms with Crippen molar-refractivity contribution < 1.29 is 14.3 Å². The van der Waals surface area contributed by atoms with Gasteiger partial charge in [0, 0.05) is 5.69 Å². The first-order chi connectivity index (χ1) is 9.08. The number of nitrogens with one attached hydrogen (secondary N) is 1. The number of unbranched alkanes of at least 4 members (excludes halogenated alkanes) is 1. The summed E-state index contributed by atoms with van der Waals surface area (Å²) in [4.78, 5) is 23.0. The molecule has 0 fully saturated rings. The Labute approximate surface area is 113 Å². The van der Waals surface area contributed by atoms with Crippen LogP contribution in [0.5, 0.6) is 0 Å². The molecule has 3 N–H and O–H groups in total. The molecular weight excluding hydrogens is 244 g/mol. The normalized spacial score (nSPS) is 11.7. The Kier molecular flexibility index (Phi) is 6.02. The van der Waals surface area contributed by atoms with Gasteiger partial charge < -0.3 is 15.8 Å². The van der Waals surface area contributed by atoms with Gasteiger partial charge in [0.15, 0.2) is 0 Å². The van der Waals surface area contributed by atoms with Crippen LogP contribution >= 0.6 is 0 Å². The van der Waals surface area contributed by atoms with Crippen LogP contribution in [-0.4, -0.2) is 25.0 Å². The van der Waals surface area contributed by atoms with Crippen LogP contribution in [-0.2, 0) is 9.53 Å². The predicted molar refractivity (Wildman–Crippen MR) is 73.9 cm³/mol. The van der Waals surface area contributed by atoms with Crippen molar-refractivity contribution in [3.8, 4) is 0 Å². The smallest absolute Gasteiger partial charge is 0.337 e. The molecule has 0 saturated carbocycles. The molecule has 0 aromatic heterocycles. The number of esters is 1. The van der Waals surface area contributed by atoms with Crippen molar-refractivity contribution in [1.29, 1.82) is 0 Å². The maximum Gasteiger partial charge on any atom is 0.337 e. The molecule has 1 atom stereocenters. The van der Waals surface area contributed by atoms with Crippen LogP contribution in [0.1, 0.15) is 36.5 Å². The number of rotatable bonds is 6. The Morgan fingerprint density at radius 1 is 1.32 bits per heavy atom. The number of carbonyl (C=O) groups is 2. The number of anilines is 1. The third kappa shape index (κ3) is 4.71. The zero-order valence-corrected chi connectivity index (χ0v) is 11.3. The fraction of sp³-hybridized carbons (Fsp3) is 0.429. The minimum absolute atomic E-state index is 0.209. The molecule has 0 heterocycles. The fourth-order valence-corrected chi connectivity index (χ4v) is 1.60. The van der Waals surface area contributed by atoms with Gasteiger partial charge in [0.1, 0.15) is 0 Å². The zero-order chi connectivity index (χ0) is 14.3. The van der Waals surface area contributed by atoms with Crippen molar-refractivity contribution in [3.05, 3.63) is 29.8 Å². The van der Waals surface area contributed by atoms with E-state index in [2.05, 4.69) is 17.0 Å². The van der Waals surface area contributed by atoms with Crippen molar-refractivity contribution in [2.75, 3.05) is 12.4 Å². The maximum absolute atomic E-state index is 11.8. The van der Waals surface area contributed by atoms with Gasteiger partial charge in [-0.1, -0.05) is 19.8 Å². The average molecular weight is 264 g/mol. The number of ether oxygens (including phenoxy) is 1. The summed E-state index contributed by atoms with van der Waals surface area (Å²) in [5, 5.41) is 2.72. The summed E-state index contributed by atoms with van der Waals surface area (Å²) in [5.74, 6) is -0.614. The van der Waals surface area contributed by atoms with E-state index in [1.54, 1.807) is 24.3 Å². The quantitative estimate of drug-likeness (QED) is 0.769. The summed E-state index contributed by atoms with van der Waals surface area (Å²) in [7, 11) is 1.32. The molecule has 0 bridgehead atoms. The minimum Gasteiger partial charge on any atom is -0.465 e. The number of hydrogen-bond acceptors (Lipinski definition) is 4. The highest BCUT2D eigenvalue weighted by atomic mass is 16.5. The van der Waals surface area contributed by atoms with E-state index in [4.69, 9.17) is 5.73 Å². The molecule has 1 unspecified atom stereocenters. The third-order valence-corrected chi connectivity index (χ3v) is 2.78. The molecule has 5 nitrogen and oxygen atoms in total. The Morgan fingerprint density at radius 2 is 1.95 bits per heavy atom. The van der Waals surface area contributed by atoms with Crippen LogP contribution in [0.4, 0.5) is 5.69 Å². The van der Waals surface area contributed by atoms with Gasteiger partial charge in [-0.2, -0.15) is 0 Å². The van der Waals surface area contributed by atoms with E-state index >= 15 is 0 Å². The van der Waals surface area contributed by atoms with Crippen molar-refractivity contribution >= 4 is 17.6 Å². The van der Waals surface area contributed by atoms with Crippen molar-refractivity contribution in [1.82, 2.24) is 0 Å². The Balaban J connectivity index is 2.57. The molecular formula is C14H20N2O3. The molecule has 5 heteroatoms. The molecule has 1 aromatic rings. The molecule has 1 rings (SSSR count). The van der Waals surface area contributed by atoms with Gasteiger partial charge >= 0.3 is 5.97 Å². The molecule has 0 aliphatic carbocycles. The van der Waals surface area contributed by atoms with E-state index in [9.17, 15) is 9.59 Å². The van der Waals surface area contributed by atoms with Gasteiger partial charge in [0.25, 0.3) is 0 Å². The van der Waals surface area contributed by atoms with Gasteiger partial charge in [0.05, 0.1) is 18.7 Å². The van der Waals surface area contributed by atoms with Gasteiger partial charge in [-0.15, -0.1) is 0 Å².